The predicted octanol–water partition coefficient (Wildman–Crippen LogP) is 2.01. The van der Waals surface area contributed by atoms with Crippen LogP contribution < -0.4 is 5.73 Å². The number of aromatic carboxylic acids is 1. The number of pyridine rings is 1. The Hall–Kier alpha value is -2.80. The SMILES string of the molecule is C#Cc1nc(-c2ccccc2)c(N)cc1C(=O)O. The van der Waals surface area contributed by atoms with Gasteiger partial charge in [-0.05, 0) is 12.0 Å². The van der Waals surface area contributed by atoms with E-state index in [9.17, 15) is 4.79 Å². The van der Waals surface area contributed by atoms with Crippen molar-refractivity contribution in [1.82, 2.24) is 4.98 Å². The van der Waals surface area contributed by atoms with E-state index in [1.807, 2.05) is 30.3 Å². The molecule has 3 N–H and O–H groups in total. The van der Waals surface area contributed by atoms with Gasteiger partial charge in [0.15, 0.2) is 0 Å². The van der Waals surface area contributed by atoms with Crippen molar-refractivity contribution in [3.05, 3.63) is 47.7 Å². The van der Waals surface area contributed by atoms with E-state index in [2.05, 4.69) is 10.9 Å². The third kappa shape index (κ3) is 2.02. The molecule has 0 saturated heterocycles. The van der Waals surface area contributed by atoms with Gasteiger partial charge in [0.05, 0.1) is 16.9 Å². The van der Waals surface area contributed by atoms with Gasteiger partial charge >= 0.3 is 5.97 Å². The first kappa shape index (κ1) is 11.7. The smallest absolute Gasteiger partial charge is 0.338 e. The molecule has 0 aliphatic carbocycles. The number of hydrogen-bond acceptors (Lipinski definition) is 3. The summed E-state index contributed by atoms with van der Waals surface area (Å²) in [6.45, 7) is 0. The summed E-state index contributed by atoms with van der Waals surface area (Å²) in [5.74, 6) is 1.13. The van der Waals surface area contributed by atoms with E-state index >= 15 is 0 Å². The first-order valence-electron chi connectivity index (χ1n) is 5.19. The molecule has 0 amide bonds. The van der Waals surface area contributed by atoms with Crippen LogP contribution >= 0.6 is 0 Å². The Kier molecular flexibility index (Phi) is 2.98. The Morgan fingerprint density at radius 1 is 1.33 bits per heavy atom. The fourth-order valence-electron chi connectivity index (χ4n) is 1.63. The Labute approximate surface area is 104 Å². The van der Waals surface area contributed by atoms with Crippen LogP contribution in [0.25, 0.3) is 11.3 Å². The number of nitrogen functional groups attached to an aromatic ring is 1. The summed E-state index contributed by atoms with van der Waals surface area (Å²) >= 11 is 0. The van der Waals surface area contributed by atoms with Gasteiger partial charge in [-0.15, -0.1) is 6.42 Å². The quantitative estimate of drug-likeness (QED) is 0.785. The zero-order chi connectivity index (χ0) is 13.1. The number of nitrogens with two attached hydrogens (primary N) is 1. The van der Waals surface area contributed by atoms with E-state index in [0.717, 1.165) is 5.56 Å². The largest absolute Gasteiger partial charge is 0.478 e. The van der Waals surface area contributed by atoms with E-state index in [1.165, 1.54) is 6.07 Å². The average molecular weight is 238 g/mol. The molecular formula is C14H10N2O2. The van der Waals surface area contributed by atoms with Crippen LogP contribution in [0.1, 0.15) is 16.1 Å². The van der Waals surface area contributed by atoms with E-state index in [4.69, 9.17) is 17.3 Å². The van der Waals surface area contributed by atoms with Crippen LogP contribution in [-0.4, -0.2) is 16.1 Å². The molecule has 4 nitrogen and oxygen atoms in total. The van der Waals surface area contributed by atoms with Crippen molar-refractivity contribution in [2.24, 2.45) is 0 Å². The van der Waals surface area contributed by atoms with Crippen LogP contribution in [0.3, 0.4) is 0 Å². The second kappa shape index (κ2) is 4.60. The molecule has 2 aromatic rings. The number of aromatic nitrogens is 1. The zero-order valence-electron chi connectivity index (χ0n) is 9.42. The Morgan fingerprint density at radius 2 is 2.00 bits per heavy atom. The predicted molar refractivity (Wildman–Crippen MR) is 69.0 cm³/mol. The molecule has 1 aromatic heterocycles. The van der Waals surface area contributed by atoms with Crippen LogP contribution in [0.15, 0.2) is 36.4 Å². The van der Waals surface area contributed by atoms with Gasteiger partial charge in [-0.3, -0.25) is 0 Å². The highest BCUT2D eigenvalue weighted by molar-refractivity contribution is 5.92. The molecule has 1 aromatic carbocycles. The summed E-state index contributed by atoms with van der Waals surface area (Å²) in [6, 6.07) is 10.6. The third-order valence-electron chi connectivity index (χ3n) is 2.47. The zero-order valence-corrected chi connectivity index (χ0v) is 9.42. The average Bonchev–Trinajstić information content (AvgIpc) is 2.39. The molecule has 4 heteroatoms. The van der Waals surface area contributed by atoms with Crippen molar-refractivity contribution in [3.63, 3.8) is 0 Å². The topological polar surface area (TPSA) is 76.2 Å². The van der Waals surface area contributed by atoms with Crippen LogP contribution in [0.5, 0.6) is 0 Å². The molecule has 0 unspecified atom stereocenters. The maximum absolute atomic E-state index is 11.0. The summed E-state index contributed by atoms with van der Waals surface area (Å²) in [5.41, 5.74) is 7.42. The number of nitrogens with zero attached hydrogens (tertiary/aromatic N) is 1. The Bertz CT molecular complexity index is 643. The Morgan fingerprint density at radius 3 is 2.56 bits per heavy atom. The number of benzene rings is 1. The molecular weight excluding hydrogens is 228 g/mol. The number of carboxylic acid groups (broad SMARTS) is 1. The van der Waals surface area contributed by atoms with Crippen LogP contribution in [0.4, 0.5) is 5.69 Å². The second-order valence-corrected chi connectivity index (χ2v) is 3.64. The minimum atomic E-state index is -1.14. The number of carboxylic acids is 1. The monoisotopic (exact) mass is 238 g/mol. The third-order valence-corrected chi connectivity index (χ3v) is 2.47. The molecule has 0 spiro atoms. The second-order valence-electron chi connectivity index (χ2n) is 3.64. The lowest BCUT2D eigenvalue weighted by molar-refractivity contribution is 0.0696. The van der Waals surface area contributed by atoms with Crippen molar-refractivity contribution in [2.75, 3.05) is 5.73 Å². The molecule has 0 aliphatic heterocycles. The maximum atomic E-state index is 11.0. The first-order valence-corrected chi connectivity index (χ1v) is 5.19. The lowest BCUT2D eigenvalue weighted by Gasteiger charge is -2.08. The van der Waals surface area contributed by atoms with Gasteiger partial charge in [0.25, 0.3) is 0 Å². The van der Waals surface area contributed by atoms with E-state index in [-0.39, 0.29) is 16.9 Å². The highest BCUT2D eigenvalue weighted by Crippen LogP contribution is 2.25. The maximum Gasteiger partial charge on any atom is 0.338 e. The molecule has 0 fully saturated rings. The molecule has 2 rings (SSSR count). The molecule has 0 radical (unpaired) electrons. The summed E-state index contributed by atoms with van der Waals surface area (Å²) in [4.78, 5) is 15.1. The Balaban J connectivity index is 2.66. The summed E-state index contributed by atoms with van der Waals surface area (Å²) in [7, 11) is 0. The molecule has 88 valence electrons. The van der Waals surface area contributed by atoms with Gasteiger partial charge in [0.1, 0.15) is 5.69 Å². The molecule has 18 heavy (non-hydrogen) atoms. The first-order chi connectivity index (χ1) is 8.63. The van der Waals surface area contributed by atoms with Gasteiger partial charge in [0.2, 0.25) is 0 Å². The number of rotatable bonds is 2. The standard InChI is InChI=1S/C14H10N2O2/c1-2-12-10(14(17)18)8-11(15)13(16-12)9-6-4-3-5-7-9/h1,3-8H,15H2,(H,17,18). The van der Waals surface area contributed by atoms with Crippen LogP contribution in [0.2, 0.25) is 0 Å². The van der Waals surface area contributed by atoms with Gasteiger partial charge in [-0.25, -0.2) is 9.78 Å². The van der Waals surface area contributed by atoms with Gasteiger partial charge in [0, 0.05) is 5.56 Å². The summed E-state index contributed by atoms with van der Waals surface area (Å²) in [5, 5.41) is 8.99. The van der Waals surface area contributed by atoms with E-state index in [0.29, 0.717) is 5.69 Å². The molecule has 0 atom stereocenters. The van der Waals surface area contributed by atoms with Crippen LogP contribution in [-0.2, 0) is 0 Å². The number of carbonyl (C=O) groups is 1. The van der Waals surface area contributed by atoms with Crippen molar-refractivity contribution in [1.29, 1.82) is 0 Å². The lowest BCUT2D eigenvalue weighted by Crippen LogP contribution is -2.06. The fourth-order valence-corrected chi connectivity index (χ4v) is 1.63. The number of hydrogen-bond donors (Lipinski definition) is 2. The normalized spacial score (nSPS) is 9.72. The van der Waals surface area contributed by atoms with Gasteiger partial charge in [-0.1, -0.05) is 30.3 Å². The van der Waals surface area contributed by atoms with Crippen molar-refractivity contribution in [3.8, 4) is 23.6 Å². The fraction of sp³-hybridized carbons (Fsp3) is 0. The highest BCUT2D eigenvalue weighted by atomic mass is 16.4. The minimum Gasteiger partial charge on any atom is -0.478 e. The van der Waals surface area contributed by atoms with E-state index < -0.39 is 5.97 Å². The summed E-state index contributed by atoms with van der Waals surface area (Å²) < 4.78 is 0. The molecule has 0 bridgehead atoms. The van der Waals surface area contributed by atoms with Crippen LogP contribution in [0, 0.1) is 12.3 Å². The van der Waals surface area contributed by atoms with E-state index in [1.54, 1.807) is 0 Å². The molecule has 1 heterocycles. The minimum absolute atomic E-state index is 0.0605. The number of anilines is 1. The summed E-state index contributed by atoms with van der Waals surface area (Å²) in [6.07, 6.45) is 5.27. The van der Waals surface area contributed by atoms with Crippen molar-refractivity contribution < 1.29 is 9.90 Å². The van der Waals surface area contributed by atoms with Gasteiger partial charge in [-0.2, -0.15) is 0 Å². The van der Waals surface area contributed by atoms with Crippen molar-refractivity contribution >= 4 is 11.7 Å². The number of terminal acetylenes is 1. The van der Waals surface area contributed by atoms with Gasteiger partial charge < -0.3 is 10.8 Å². The van der Waals surface area contributed by atoms with Crippen molar-refractivity contribution in [2.45, 2.75) is 0 Å². The molecule has 0 aliphatic rings. The molecule has 0 saturated carbocycles. The highest BCUT2D eigenvalue weighted by Gasteiger charge is 2.14. The lowest BCUT2D eigenvalue weighted by atomic mass is 10.1.